The number of aromatic nitrogens is 1. The SMILES string of the molecule is Cc1c(N)nsc1NC1CCCC(C)C1C. The Morgan fingerprint density at radius 3 is 2.75 bits per heavy atom. The Morgan fingerprint density at radius 2 is 2.12 bits per heavy atom. The van der Waals surface area contributed by atoms with E-state index in [0.717, 1.165) is 22.4 Å². The predicted octanol–water partition coefficient (Wildman–Crippen LogP) is 3.27. The van der Waals surface area contributed by atoms with Gasteiger partial charge in [-0.25, -0.2) is 0 Å². The van der Waals surface area contributed by atoms with Crippen LogP contribution in [0.4, 0.5) is 10.8 Å². The summed E-state index contributed by atoms with van der Waals surface area (Å²) in [5, 5.41) is 4.78. The molecular weight excluding hydrogens is 218 g/mol. The normalized spacial score (nSPS) is 30.3. The van der Waals surface area contributed by atoms with Crippen LogP contribution in [-0.2, 0) is 0 Å². The monoisotopic (exact) mass is 239 g/mol. The Morgan fingerprint density at radius 1 is 1.38 bits per heavy atom. The van der Waals surface area contributed by atoms with Crippen molar-refractivity contribution >= 4 is 22.4 Å². The van der Waals surface area contributed by atoms with Crippen LogP contribution in [0.3, 0.4) is 0 Å². The molecule has 0 spiro atoms. The van der Waals surface area contributed by atoms with E-state index in [9.17, 15) is 0 Å². The number of nitrogens with two attached hydrogens (primary N) is 1. The summed E-state index contributed by atoms with van der Waals surface area (Å²) in [5.74, 6) is 2.22. The summed E-state index contributed by atoms with van der Waals surface area (Å²) >= 11 is 1.49. The van der Waals surface area contributed by atoms with Crippen LogP contribution >= 0.6 is 11.5 Å². The van der Waals surface area contributed by atoms with Gasteiger partial charge in [-0.15, -0.1) is 0 Å². The Bertz CT molecular complexity index is 361. The lowest BCUT2D eigenvalue weighted by atomic mass is 9.78. The van der Waals surface area contributed by atoms with Crippen LogP contribution < -0.4 is 11.1 Å². The summed E-state index contributed by atoms with van der Waals surface area (Å²) in [6, 6.07) is 0.585. The van der Waals surface area contributed by atoms with Crippen molar-refractivity contribution in [1.29, 1.82) is 0 Å². The van der Waals surface area contributed by atoms with Crippen molar-refractivity contribution in [1.82, 2.24) is 4.37 Å². The van der Waals surface area contributed by atoms with E-state index >= 15 is 0 Å². The van der Waals surface area contributed by atoms with E-state index in [1.54, 1.807) is 0 Å². The Kier molecular flexibility index (Phi) is 3.38. The van der Waals surface area contributed by atoms with Gasteiger partial charge >= 0.3 is 0 Å². The predicted molar refractivity (Wildman–Crippen MR) is 70.9 cm³/mol. The second-order valence-electron chi connectivity index (χ2n) is 5.04. The van der Waals surface area contributed by atoms with Crippen LogP contribution in [-0.4, -0.2) is 10.4 Å². The van der Waals surface area contributed by atoms with Gasteiger partial charge in [0.1, 0.15) is 10.8 Å². The molecule has 1 heterocycles. The van der Waals surface area contributed by atoms with Gasteiger partial charge in [0.2, 0.25) is 0 Å². The zero-order valence-corrected chi connectivity index (χ0v) is 11.1. The minimum Gasteiger partial charge on any atom is -0.383 e. The van der Waals surface area contributed by atoms with Gasteiger partial charge < -0.3 is 11.1 Å². The minimum absolute atomic E-state index is 0.585. The number of hydrogen-bond acceptors (Lipinski definition) is 4. The van der Waals surface area contributed by atoms with Crippen molar-refractivity contribution < 1.29 is 0 Å². The van der Waals surface area contributed by atoms with E-state index in [1.807, 2.05) is 6.92 Å². The molecule has 1 aromatic rings. The molecule has 0 saturated heterocycles. The molecule has 4 heteroatoms. The topological polar surface area (TPSA) is 50.9 Å². The Hall–Kier alpha value is -0.770. The van der Waals surface area contributed by atoms with Crippen LogP contribution in [0, 0.1) is 18.8 Å². The molecular formula is C12H21N3S. The van der Waals surface area contributed by atoms with Crippen molar-refractivity contribution in [2.45, 2.75) is 46.1 Å². The standard InChI is InChI=1S/C12H21N3S/c1-7-5-4-6-10(8(7)2)14-12-9(3)11(13)15-16-12/h7-8,10,14H,4-6H2,1-3H3,(H2,13,15). The van der Waals surface area contributed by atoms with Gasteiger partial charge in [0.15, 0.2) is 0 Å². The van der Waals surface area contributed by atoms with Crippen LogP contribution in [0.15, 0.2) is 0 Å². The third-order valence-electron chi connectivity index (χ3n) is 3.98. The maximum atomic E-state index is 5.77. The largest absolute Gasteiger partial charge is 0.383 e. The first-order valence-corrected chi connectivity index (χ1v) is 6.85. The van der Waals surface area contributed by atoms with Gasteiger partial charge in [-0.1, -0.05) is 26.7 Å². The quantitative estimate of drug-likeness (QED) is 0.832. The Labute approximate surface area is 102 Å². The first kappa shape index (κ1) is 11.7. The lowest BCUT2D eigenvalue weighted by Crippen LogP contribution is -2.34. The van der Waals surface area contributed by atoms with E-state index in [-0.39, 0.29) is 0 Å². The minimum atomic E-state index is 0.585. The molecule has 3 atom stereocenters. The average Bonchev–Trinajstić information content (AvgIpc) is 2.57. The number of hydrogen-bond donors (Lipinski definition) is 2. The van der Waals surface area contributed by atoms with E-state index in [2.05, 4.69) is 23.5 Å². The summed E-state index contributed by atoms with van der Waals surface area (Å²) in [6.07, 6.45) is 3.96. The van der Waals surface area contributed by atoms with Gasteiger partial charge in [0, 0.05) is 11.6 Å². The number of nitrogens with one attached hydrogen (secondary N) is 1. The van der Waals surface area contributed by atoms with Crippen molar-refractivity contribution in [3.63, 3.8) is 0 Å². The van der Waals surface area contributed by atoms with Gasteiger partial charge in [0.25, 0.3) is 0 Å². The average molecular weight is 239 g/mol. The van der Waals surface area contributed by atoms with Crippen molar-refractivity contribution in [3.05, 3.63) is 5.56 Å². The third-order valence-corrected chi connectivity index (χ3v) is 4.88. The van der Waals surface area contributed by atoms with Crippen molar-refractivity contribution in [2.24, 2.45) is 11.8 Å². The van der Waals surface area contributed by atoms with E-state index in [1.165, 1.54) is 30.8 Å². The smallest absolute Gasteiger partial charge is 0.142 e. The van der Waals surface area contributed by atoms with Crippen molar-refractivity contribution in [2.75, 3.05) is 11.1 Å². The third kappa shape index (κ3) is 2.17. The molecule has 0 radical (unpaired) electrons. The highest BCUT2D eigenvalue weighted by atomic mass is 32.1. The number of nitrogens with zero attached hydrogens (tertiary/aromatic N) is 1. The fourth-order valence-electron chi connectivity index (χ4n) is 2.44. The highest BCUT2D eigenvalue weighted by molar-refractivity contribution is 7.10. The first-order valence-electron chi connectivity index (χ1n) is 6.08. The molecule has 1 aliphatic carbocycles. The molecule has 3 nitrogen and oxygen atoms in total. The molecule has 2 rings (SSSR count). The summed E-state index contributed by atoms with van der Waals surface area (Å²) in [4.78, 5) is 0. The van der Waals surface area contributed by atoms with E-state index < -0.39 is 0 Å². The van der Waals surface area contributed by atoms with E-state index in [0.29, 0.717) is 11.9 Å². The van der Waals surface area contributed by atoms with Crippen LogP contribution in [0.2, 0.25) is 0 Å². The summed E-state index contributed by atoms with van der Waals surface area (Å²) in [5.41, 5.74) is 6.87. The summed E-state index contributed by atoms with van der Waals surface area (Å²) in [6.45, 7) is 6.74. The second kappa shape index (κ2) is 4.62. The summed E-state index contributed by atoms with van der Waals surface area (Å²) < 4.78 is 4.18. The molecule has 0 aromatic carbocycles. The van der Waals surface area contributed by atoms with E-state index in [4.69, 9.17) is 5.73 Å². The second-order valence-corrected chi connectivity index (χ2v) is 5.81. The lowest BCUT2D eigenvalue weighted by Gasteiger charge is -2.34. The molecule has 90 valence electrons. The molecule has 16 heavy (non-hydrogen) atoms. The number of anilines is 2. The van der Waals surface area contributed by atoms with Crippen LogP contribution in [0.5, 0.6) is 0 Å². The number of rotatable bonds is 2. The highest BCUT2D eigenvalue weighted by Gasteiger charge is 2.27. The first-order chi connectivity index (χ1) is 7.59. The molecule has 0 bridgehead atoms. The van der Waals surface area contributed by atoms with Gasteiger partial charge in [-0.3, -0.25) is 0 Å². The Balaban J connectivity index is 2.06. The molecule has 1 aliphatic rings. The molecule has 1 saturated carbocycles. The zero-order valence-electron chi connectivity index (χ0n) is 10.3. The van der Waals surface area contributed by atoms with Gasteiger partial charge in [-0.2, -0.15) is 4.37 Å². The number of nitrogen functional groups attached to an aromatic ring is 1. The molecule has 1 fully saturated rings. The molecule has 3 N–H and O–H groups in total. The maximum absolute atomic E-state index is 5.77. The molecule has 0 aliphatic heterocycles. The lowest BCUT2D eigenvalue weighted by molar-refractivity contribution is 0.253. The van der Waals surface area contributed by atoms with Gasteiger partial charge in [-0.05, 0) is 36.7 Å². The fraction of sp³-hybridized carbons (Fsp3) is 0.750. The van der Waals surface area contributed by atoms with Crippen LogP contribution in [0.1, 0.15) is 38.7 Å². The zero-order chi connectivity index (χ0) is 11.7. The molecule has 3 unspecified atom stereocenters. The van der Waals surface area contributed by atoms with Crippen molar-refractivity contribution in [3.8, 4) is 0 Å². The van der Waals surface area contributed by atoms with Gasteiger partial charge in [0.05, 0.1) is 0 Å². The summed E-state index contributed by atoms with van der Waals surface area (Å²) in [7, 11) is 0. The maximum Gasteiger partial charge on any atom is 0.142 e. The highest BCUT2D eigenvalue weighted by Crippen LogP contribution is 2.34. The molecule has 1 aromatic heterocycles. The fourth-order valence-corrected chi connectivity index (χ4v) is 3.21. The van der Waals surface area contributed by atoms with Crippen LogP contribution in [0.25, 0.3) is 0 Å². The molecule has 0 amide bonds.